The summed E-state index contributed by atoms with van der Waals surface area (Å²) < 4.78 is 4.36. The van der Waals surface area contributed by atoms with Crippen molar-refractivity contribution >= 4 is 18.5 Å². The highest BCUT2D eigenvalue weighted by Gasteiger charge is 2.06. The first-order chi connectivity index (χ1) is 5.22. The number of allylic oxidation sites excluding steroid dienone is 1. The molecule has 0 aromatic rings. The Bertz CT molecular complexity index is 193. The van der Waals surface area contributed by atoms with Crippen LogP contribution in [-0.4, -0.2) is 30.3 Å². The van der Waals surface area contributed by atoms with Crippen molar-refractivity contribution in [3.05, 3.63) is 11.8 Å². The molecule has 0 bridgehead atoms. The summed E-state index contributed by atoms with van der Waals surface area (Å²) >= 11 is 0. The number of rotatable bonds is 5. The Morgan fingerprint density at radius 1 is 1.45 bits per heavy atom. The maximum atomic E-state index is 10.1. The van der Waals surface area contributed by atoms with Crippen LogP contribution < -0.4 is 0 Å². The molecule has 0 rings (SSSR count). The van der Waals surface area contributed by atoms with Crippen LogP contribution in [0.5, 0.6) is 0 Å². The number of hydrogen-bond donors (Lipinski definition) is 1. The van der Waals surface area contributed by atoms with Crippen molar-refractivity contribution in [3.8, 4) is 0 Å². The number of carbonyl (C=O) groups excluding carboxylic acids is 2. The molecule has 1 N–H and O–H groups in total. The van der Waals surface area contributed by atoms with Crippen molar-refractivity contribution in [2.45, 2.75) is 0 Å². The number of carboxylic acids is 1. The second-order valence-corrected chi connectivity index (χ2v) is 1.45. The van der Waals surface area contributed by atoms with Gasteiger partial charge in [-0.25, -0.2) is 4.79 Å². The Morgan fingerprint density at radius 2 is 2.09 bits per heavy atom. The first-order valence-electron chi connectivity index (χ1n) is 2.67. The van der Waals surface area contributed by atoms with Gasteiger partial charge < -0.3 is 9.84 Å². The second-order valence-electron chi connectivity index (χ2n) is 1.45. The molecular weight excluding hydrogens is 152 g/mol. The lowest BCUT2D eigenvalue weighted by Gasteiger charge is -1.98. The average Bonchev–Trinajstić information content (AvgIpc) is 1.97. The predicted octanol–water partition coefficient (Wildman–Crippen LogP) is -0.631. The van der Waals surface area contributed by atoms with Crippen molar-refractivity contribution in [3.63, 3.8) is 0 Å². The highest BCUT2D eigenvalue weighted by molar-refractivity contribution is 5.89. The van der Waals surface area contributed by atoms with Crippen molar-refractivity contribution in [1.82, 2.24) is 0 Å². The Labute approximate surface area is 62.3 Å². The van der Waals surface area contributed by atoms with Crippen LogP contribution in [0, 0.1) is 0 Å². The van der Waals surface area contributed by atoms with Crippen LogP contribution in [0.1, 0.15) is 0 Å². The summed E-state index contributed by atoms with van der Waals surface area (Å²) in [5, 5.41) is 8.26. The molecule has 5 nitrogen and oxygen atoms in total. The zero-order chi connectivity index (χ0) is 8.69. The van der Waals surface area contributed by atoms with Gasteiger partial charge in [0.1, 0.15) is 12.9 Å². The lowest BCUT2D eigenvalue weighted by Crippen LogP contribution is -2.06. The van der Waals surface area contributed by atoms with Gasteiger partial charge in [-0.1, -0.05) is 0 Å². The highest BCUT2D eigenvalue weighted by Crippen LogP contribution is 1.94. The van der Waals surface area contributed by atoms with Crippen LogP contribution in [0.3, 0.4) is 0 Å². The van der Waals surface area contributed by atoms with E-state index in [1.54, 1.807) is 0 Å². The van der Waals surface area contributed by atoms with Crippen molar-refractivity contribution in [2.24, 2.45) is 0 Å². The van der Waals surface area contributed by atoms with E-state index in [2.05, 4.69) is 4.74 Å². The van der Waals surface area contributed by atoms with Gasteiger partial charge in [-0.3, -0.25) is 9.59 Å². The molecule has 0 aromatic carbocycles. The molecule has 60 valence electrons. The summed E-state index contributed by atoms with van der Waals surface area (Å²) in [6, 6.07) is 0. The molecule has 5 heteroatoms. The molecule has 0 aliphatic carbocycles. The number of carboxylic acid groups (broad SMARTS) is 1. The summed E-state index contributed by atoms with van der Waals surface area (Å²) in [6.07, 6.45) is 1.39. The fraction of sp³-hybridized carbons (Fsp3) is 0.167. The third kappa shape index (κ3) is 3.85. The minimum Gasteiger partial charge on any atom is -0.479 e. The molecular formula is C6H6O5. The van der Waals surface area contributed by atoms with Gasteiger partial charge in [0.05, 0.1) is 0 Å². The number of aliphatic carboxylic acids is 1. The van der Waals surface area contributed by atoms with E-state index in [0.717, 1.165) is 6.08 Å². The normalized spacial score (nSPS) is 10.4. The number of ether oxygens (including phenoxy) is 1. The summed E-state index contributed by atoms with van der Waals surface area (Å²) in [7, 11) is 0. The Morgan fingerprint density at radius 3 is 2.45 bits per heavy atom. The van der Waals surface area contributed by atoms with E-state index in [-0.39, 0.29) is 12.9 Å². The standard InChI is InChI=1S/C6H6O5/c7-2-1-5(6(9)10)11-4-3-8/h1-3H,4H2,(H,9,10)/b5-1-. The smallest absolute Gasteiger partial charge is 0.371 e. The van der Waals surface area contributed by atoms with E-state index in [1.165, 1.54) is 0 Å². The fourth-order valence-electron chi connectivity index (χ4n) is 0.367. The molecule has 0 aliphatic heterocycles. The molecule has 0 saturated heterocycles. The first-order valence-corrected chi connectivity index (χ1v) is 2.67. The van der Waals surface area contributed by atoms with Crippen molar-refractivity contribution < 1.29 is 24.2 Å². The van der Waals surface area contributed by atoms with Crippen LogP contribution in [0.2, 0.25) is 0 Å². The van der Waals surface area contributed by atoms with Gasteiger partial charge in [-0.2, -0.15) is 0 Å². The van der Waals surface area contributed by atoms with Gasteiger partial charge in [0, 0.05) is 6.08 Å². The summed E-state index contributed by atoms with van der Waals surface area (Å²) in [6.45, 7) is -0.369. The third-order valence-corrected chi connectivity index (χ3v) is 0.737. The summed E-state index contributed by atoms with van der Waals surface area (Å²) in [5.74, 6) is -1.91. The quantitative estimate of drug-likeness (QED) is 0.327. The molecule has 0 atom stereocenters. The van der Waals surface area contributed by atoms with E-state index in [0.29, 0.717) is 6.29 Å². The summed E-state index contributed by atoms with van der Waals surface area (Å²) in [4.78, 5) is 29.6. The number of hydrogen-bond acceptors (Lipinski definition) is 4. The number of aldehydes is 2. The maximum Gasteiger partial charge on any atom is 0.371 e. The van der Waals surface area contributed by atoms with Gasteiger partial charge in [0.2, 0.25) is 5.76 Å². The molecule has 0 heterocycles. The predicted molar refractivity (Wildman–Crippen MR) is 33.8 cm³/mol. The Hall–Kier alpha value is -1.65. The van der Waals surface area contributed by atoms with E-state index in [1.807, 2.05) is 0 Å². The van der Waals surface area contributed by atoms with E-state index < -0.39 is 11.7 Å². The van der Waals surface area contributed by atoms with Gasteiger partial charge in [-0.05, 0) is 0 Å². The maximum absolute atomic E-state index is 10.1. The zero-order valence-corrected chi connectivity index (χ0v) is 5.52. The van der Waals surface area contributed by atoms with Crippen LogP contribution in [0.25, 0.3) is 0 Å². The molecule has 0 unspecified atom stereocenters. The van der Waals surface area contributed by atoms with Crippen LogP contribution in [0.15, 0.2) is 11.8 Å². The molecule has 0 fully saturated rings. The molecule has 11 heavy (non-hydrogen) atoms. The molecule has 0 saturated carbocycles. The van der Waals surface area contributed by atoms with Crippen molar-refractivity contribution in [2.75, 3.05) is 6.61 Å². The van der Waals surface area contributed by atoms with Gasteiger partial charge in [-0.15, -0.1) is 0 Å². The molecule has 0 amide bonds. The van der Waals surface area contributed by atoms with Gasteiger partial charge in [0.25, 0.3) is 0 Å². The van der Waals surface area contributed by atoms with Gasteiger partial charge in [0.15, 0.2) is 6.29 Å². The minimum atomic E-state index is -1.38. The second kappa shape index (κ2) is 5.16. The van der Waals surface area contributed by atoms with Crippen LogP contribution in [-0.2, 0) is 19.1 Å². The number of carbonyl (C=O) groups is 3. The third-order valence-electron chi connectivity index (χ3n) is 0.737. The average molecular weight is 158 g/mol. The SMILES string of the molecule is O=C/C=C(\OCC=O)C(=O)O. The van der Waals surface area contributed by atoms with Gasteiger partial charge >= 0.3 is 5.97 Å². The molecule has 0 radical (unpaired) electrons. The van der Waals surface area contributed by atoms with E-state index >= 15 is 0 Å². The lowest BCUT2D eigenvalue weighted by molar-refractivity contribution is -0.137. The Balaban J connectivity index is 4.10. The van der Waals surface area contributed by atoms with Crippen molar-refractivity contribution in [1.29, 1.82) is 0 Å². The topological polar surface area (TPSA) is 80.7 Å². The minimum absolute atomic E-state index is 0.272. The zero-order valence-electron chi connectivity index (χ0n) is 5.52. The van der Waals surface area contributed by atoms with Crippen LogP contribution >= 0.6 is 0 Å². The lowest BCUT2D eigenvalue weighted by atomic mass is 10.4. The monoisotopic (exact) mass is 158 g/mol. The molecule has 0 aliphatic rings. The first kappa shape index (κ1) is 9.35. The molecule has 0 aromatic heterocycles. The highest BCUT2D eigenvalue weighted by atomic mass is 16.5. The largest absolute Gasteiger partial charge is 0.479 e. The summed E-state index contributed by atoms with van der Waals surface area (Å²) in [5.41, 5.74) is 0. The van der Waals surface area contributed by atoms with Crippen LogP contribution in [0.4, 0.5) is 0 Å². The Kier molecular flexibility index (Phi) is 4.39. The fourth-order valence-corrected chi connectivity index (χ4v) is 0.367. The van der Waals surface area contributed by atoms with E-state index in [4.69, 9.17) is 5.11 Å². The molecule has 0 spiro atoms. The van der Waals surface area contributed by atoms with E-state index in [9.17, 15) is 14.4 Å².